The molecule has 114 valence electrons. The van der Waals surface area contributed by atoms with Gasteiger partial charge in [-0.25, -0.2) is 9.97 Å². The third kappa shape index (κ3) is 1.59. The Labute approximate surface area is 133 Å². The summed E-state index contributed by atoms with van der Waals surface area (Å²) >= 11 is 0. The minimum Gasteiger partial charge on any atom is -0.342 e. The molecule has 23 heavy (non-hydrogen) atoms. The van der Waals surface area contributed by atoms with Crippen LogP contribution in [0.3, 0.4) is 0 Å². The van der Waals surface area contributed by atoms with Crippen LogP contribution in [0.2, 0.25) is 0 Å². The molecular formula is C18H16N4O. The van der Waals surface area contributed by atoms with E-state index in [9.17, 15) is 4.79 Å². The van der Waals surface area contributed by atoms with Gasteiger partial charge >= 0.3 is 0 Å². The minimum absolute atomic E-state index is 0.0632. The van der Waals surface area contributed by atoms with Crippen LogP contribution in [0.1, 0.15) is 29.4 Å². The quantitative estimate of drug-likeness (QED) is 0.725. The molecule has 5 nitrogen and oxygen atoms in total. The molecule has 1 atom stereocenters. The molecular weight excluding hydrogens is 288 g/mol. The van der Waals surface area contributed by atoms with E-state index >= 15 is 0 Å². The zero-order chi connectivity index (χ0) is 15.6. The molecule has 2 N–H and O–H groups in total. The van der Waals surface area contributed by atoms with Gasteiger partial charge in [-0.05, 0) is 42.2 Å². The number of aromatic nitrogens is 3. The normalized spacial score (nSPS) is 17.5. The van der Waals surface area contributed by atoms with Gasteiger partial charge in [0.05, 0.1) is 16.4 Å². The Bertz CT molecular complexity index is 929. The van der Waals surface area contributed by atoms with Crippen molar-refractivity contribution in [3.63, 3.8) is 0 Å². The molecule has 1 aromatic carbocycles. The van der Waals surface area contributed by atoms with Crippen LogP contribution in [-0.2, 0) is 29.5 Å². The Morgan fingerprint density at radius 1 is 1.26 bits per heavy atom. The molecule has 1 aliphatic carbocycles. The molecule has 1 spiro atoms. The molecule has 3 aromatic rings. The number of rotatable bonds is 1. The van der Waals surface area contributed by atoms with E-state index in [1.807, 2.05) is 12.1 Å². The van der Waals surface area contributed by atoms with Crippen LogP contribution in [0, 0.1) is 0 Å². The maximum absolute atomic E-state index is 12.7. The lowest BCUT2D eigenvalue weighted by Gasteiger charge is -2.20. The number of carbonyl (C=O) groups excluding carboxylic acids is 1. The van der Waals surface area contributed by atoms with E-state index in [1.54, 1.807) is 6.20 Å². The third-order valence-corrected chi connectivity index (χ3v) is 5.16. The summed E-state index contributed by atoms with van der Waals surface area (Å²) in [6.07, 6.45) is 4.06. The lowest BCUT2D eigenvalue weighted by Crippen LogP contribution is -2.35. The van der Waals surface area contributed by atoms with Crippen molar-refractivity contribution in [1.29, 1.82) is 0 Å². The highest BCUT2D eigenvalue weighted by Gasteiger charge is 2.51. The van der Waals surface area contributed by atoms with Crippen molar-refractivity contribution >= 4 is 22.8 Å². The molecule has 1 amide bonds. The average molecular weight is 304 g/mol. The van der Waals surface area contributed by atoms with Crippen LogP contribution in [0.4, 0.5) is 5.82 Å². The highest BCUT2D eigenvalue weighted by Crippen LogP contribution is 2.47. The molecule has 3 heterocycles. The van der Waals surface area contributed by atoms with Crippen molar-refractivity contribution < 1.29 is 4.79 Å². The Morgan fingerprint density at radius 2 is 2.09 bits per heavy atom. The number of fused-ring (bicyclic) bond motifs is 4. The van der Waals surface area contributed by atoms with Crippen LogP contribution >= 0.6 is 0 Å². The number of benzene rings is 1. The van der Waals surface area contributed by atoms with Gasteiger partial charge in [0.25, 0.3) is 0 Å². The van der Waals surface area contributed by atoms with Gasteiger partial charge < -0.3 is 10.3 Å². The maximum Gasteiger partial charge on any atom is 0.237 e. The summed E-state index contributed by atoms with van der Waals surface area (Å²) in [6.45, 7) is 2.09. The van der Waals surface area contributed by atoms with Gasteiger partial charge in [0.2, 0.25) is 5.91 Å². The Balaban J connectivity index is 1.65. The van der Waals surface area contributed by atoms with Gasteiger partial charge in [-0.3, -0.25) is 4.79 Å². The summed E-state index contributed by atoms with van der Waals surface area (Å²) in [5.74, 6) is 1.78. The molecule has 0 bridgehead atoms. The van der Waals surface area contributed by atoms with Crippen LogP contribution < -0.4 is 5.32 Å². The number of hydrogen-bond donors (Lipinski definition) is 2. The van der Waals surface area contributed by atoms with Crippen LogP contribution in [-0.4, -0.2) is 20.9 Å². The fourth-order valence-corrected chi connectivity index (χ4v) is 4.00. The largest absolute Gasteiger partial charge is 0.342 e. The van der Waals surface area contributed by atoms with Crippen molar-refractivity contribution in [3.8, 4) is 0 Å². The fourth-order valence-electron chi connectivity index (χ4n) is 4.00. The maximum atomic E-state index is 12.7. The van der Waals surface area contributed by atoms with E-state index in [0.29, 0.717) is 5.82 Å². The first-order valence-corrected chi connectivity index (χ1v) is 7.97. The molecule has 1 aliphatic heterocycles. The topological polar surface area (TPSA) is 70.7 Å². The van der Waals surface area contributed by atoms with Crippen molar-refractivity contribution in [2.75, 3.05) is 5.32 Å². The van der Waals surface area contributed by atoms with E-state index in [0.717, 1.165) is 41.7 Å². The van der Waals surface area contributed by atoms with E-state index in [2.05, 4.69) is 39.3 Å². The van der Waals surface area contributed by atoms with Crippen LogP contribution in [0.15, 0.2) is 30.5 Å². The predicted octanol–water partition coefficient (Wildman–Crippen LogP) is 2.51. The number of hydrogen-bond acceptors (Lipinski definition) is 3. The van der Waals surface area contributed by atoms with E-state index in [4.69, 9.17) is 0 Å². The van der Waals surface area contributed by atoms with Crippen molar-refractivity contribution in [2.24, 2.45) is 0 Å². The molecule has 5 rings (SSSR count). The fraction of sp³-hybridized carbons (Fsp3) is 0.278. The number of carbonyl (C=O) groups is 1. The highest BCUT2D eigenvalue weighted by molar-refractivity contribution is 6.06. The second kappa shape index (κ2) is 4.19. The number of anilines is 1. The molecule has 0 saturated carbocycles. The number of H-pyrrole nitrogens is 1. The van der Waals surface area contributed by atoms with Crippen LogP contribution in [0.5, 0.6) is 0 Å². The summed E-state index contributed by atoms with van der Waals surface area (Å²) in [5, 5.41) is 2.95. The lowest BCUT2D eigenvalue weighted by molar-refractivity contribution is -0.120. The molecule has 1 unspecified atom stereocenters. The minimum atomic E-state index is -0.502. The molecule has 5 heteroatoms. The zero-order valence-electron chi connectivity index (χ0n) is 12.8. The summed E-state index contributed by atoms with van der Waals surface area (Å²) in [7, 11) is 0. The summed E-state index contributed by atoms with van der Waals surface area (Å²) in [6, 6.07) is 8.22. The van der Waals surface area contributed by atoms with Gasteiger partial charge in [0.15, 0.2) is 0 Å². The summed E-state index contributed by atoms with van der Waals surface area (Å²) in [4.78, 5) is 25.0. The monoisotopic (exact) mass is 304 g/mol. The SMILES string of the molecule is CCc1nc2cc3c(cc2[nH]1)CC1(C3)C(=O)Nc2ncccc21. The number of amides is 1. The summed E-state index contributed by atoms with van der Waals surface area (Å²) < 4.78 is 0. The van der Waals surface area contributed by atoms with Gasteiger partial charge in [-0.2, -0.15) is 0 Å². The van der Waals surface area contributed by atoms with E-state index in [-0.39, 0.29) is 5.91 Å². The molecule has 0 radical (unpaired) electrons. The second-order valence-corrected chi connectivity index (χ2v) is 6.46. The van der Waals surface area contributed by atoms with Crippen molar-refractivity contribution in [3.05, 3.63) is 53.0 Å². The van der Waals surface area contributed by atoms with Gasteiger partial charge in [0, 0.05) is 18.2 Å². The van der Waals surface area contributed by atoms with E-state index < -0.39 is 5.41 Å². The Hall–Kier alpha value is -2.69. The number of nitrogens with one attached hydrogen (secondary N) is 2. The zero-order valence-corrected chi connectivity index (χ0v) is 12.8. The number of pyridine rings is 1. The molecule has 0 fully saturated rings. The first-order chi connectivity index (χ1) is 11.2. The first kappa shape index (κ1) is 12.8. The molecule has 0 saturated heterocycles. The smallest absolute Gasteiger partial charge is 0.237 e. The van der Waals surface area contributed by atoms with Crippen LogP contribution in [0.25, 0.3) is 11.0 Å². The molecule has 2 aromatic heterocycles. The lowest BCUT2D eigenvalue weighted by atomic mass is 9.79. The predicted molar refractivity (Wildman–Crippen MR) is 87.4 cm³/mol. The van der Waals surface area contributed by atoms with Crippen molar-refractivity contribution in [2.45, 2.75) is 31.6 Å². The van der Waals surface area contributed by atoms with Gasteiger partial charge in [0.1, 0.15) is 11.6 Å². The second-order valence-electron chi connectivity index (χ2n) is 6.46. The standard InChI is InChI=1S/C18H16N4O/c1-2-15-20-13-6-10-8-18(9-11(10)7-14(13)21-15)12-4-3-5-19-16(12)22-17(18)23/h3-7H,2,8-9H2,1H3,(H,20,21)(H,19,22,23). The van der Waals surface area contributed by atoms with Crippen molar-refractivity contribution in [1.82, 2.24) is 15.0 Å². The third-order valence-electron chi connectivity index (χ3n) is 5.16. The van der Waals surface area contributed by atoms with Gasteiger partial charge in [-0.15, -0.1) is 0 Å². The number of nitrogens with zero attached hydrogens (tertiary/aromatic N) is 2. The van der Waals surface area contributed by atoms with Gasteiger partial charge in [-0.1, -0.05) is 13.0 Å². The highest BCUT2D eigenvalue weighted by atomic mass is 16.2. The number of aryl methyl sites for hydroxylation is 1. The Kier molecular flexibility index (Phi) is 2.33. The number of aromatic amines is 1. The molecule has 2 aliphatic rings. The Morgan fingerprint density at radius 3 is 2.91 bits per heavy atom. The summed E-state index contributed by atoms with van der Waals surface area (Å²) in [5.41, 5.74) is 5.02. The number of imidazole rings is 1. The average Bonchev–Trinajstić information content (AvgIpc) is 3.20. The van der Waals surface area contributed by atoms with E-state index in [1.165, 1.54) is 11.1 Å². The first-order valence-electron chi connectivity index (χ1n) is 7.97.